The van der Waals surface area contributed by atoms with Crippen LogP contribution < -0.4 is 24.2 Å². The molecule has 1 aliphatic heterocycles. The third-order valence-corrected chi connectivity index (χ3v) is 5.65. The number of benzene rings is 2. The molecular weight excluding hydrogens is 410 g/mol. The highest BCUT2D eigenvalue weighted by molar-refractivity contribution is 7.92. The summed E-state index contributed by atoms with van der Waals surface area (Å²) in [6.07, 6.45) is 2.66. The number of anilines is 2. The quantitative estimate of drug-likeness (QED) is 0.621. The smallest absolute Gasteiger partial charge is 0.261 e. The number of carbonyl (C=O) groups excluding carboxylic acids is 1. The Bertz CT molecular complexity index is 1200. The topological polar surface area (TPSA) is 116 Å². The summed E-state index contributed by atoms with van der Waals surface area (Å²) < 4.78 is 43.1. The summed E-state index contributed by atoms with van der Waals surface area (Å²) in [5.74, 6) is 1.22. The molecule has 4 rings (SSSR count). The maximum Gasteiger partial charge on any atom is 0.261 e. The monoisotopic (exact) mass is 427 g/mol. The van der Waals surface area contributed by atoms with Gasteiger partial charge >= 0.3 is 0 Å². The first-order chi connectivity index (χ1) is 14.4. The molecule has 0 bridgehead atoms. The van der Waals surface area contributed by atoms with Crippen molar-refractivity contribution in [3.05, 3.63) is 66.5 Å². The number of nitrogens with zero attached hydrogens (tertiary/aromatic N) is 1. The second kappa shape index (κ2) is 7.91. The van der Waals surface area contributed by atoms with E-state index in [4.69, 9.17) is 14.2 Å². The summed E-state index contributed by atoms with van der Waals surface area (Å²) in [6.45, 7) is 0.132. The fourth-order valence-electron chi connectivity index (χ4n) is 2.77. The van der Waals surface area contributed by atoms with E-state index in [1.54, 1.807) is 30.3 Å². The molecule has 0 aliphatic carbocycles. The van der Waals surface area contributed by atoms with E-state index in [1.165, 1.54) is 37.7 Å². The van der Waals surface area contributed by atoms with E-state index >= 15 is 0 Å². The van der Waals surface area contributed by atoms with Crippen molar-refractivity contribution in [1.29, 1.82) is 0 Å². The number of amides is 1. The molecule has 9 nitrogen and oxygen atoms in total. The van der Waals surface area contributed by atoms with E-state index in [-0.39, 0.29) is 22.9 Å². The zero-order chi connectivity index (χ0) is 21.1. The van der Waals surface area contributed by atoms with Crippen LogP contribution in [0.4, 0.5) is 11.4 Å². The van der Waals surface area contributed by atoms with Crippen molar-refractivity contribution >= 4 is 27.3 Å². The number of pyridine rings is 1. The summed E-state index contributed by atoms with van der Waals surface area (Å²) in [5.41, 5.74) is 0.847. The lowest BCUT2D eigenvalue weighted by Gasteiger charge is -2.10. The molecule has 2 N–H and O–H groups in total. The molecule has 154 valence electrons. The molecule has 0 radical (unpaired) electrons. The molecule has 1 amide bonds. The van der Waals surface area contributed by atoms with Crippen molar-refractivity contribution in [2.24, 2.45) is 0 Å². The zero-order valence-corrected chi connectivity index (χ0v) is 16.6. The Balaban J connectivity index is 1.49. The molecule has 1 aromatic heterocycles. The number of sulfonamides is 1. The first-order valence-electron chi connectivity index (χ1n) is 8.77. The summed E-state index contributed by atoms with van der Waals surface area (Å²) in [6, 6.07) is 12.3. The zero-order valence-electron chi connectivity index (χ0n) is 15.8. The van der Waals surface area contributed by atoms with Crippen LogP contribution in [0.25, 0.3) is 0 Å². The van der Waals surface area contributed by atoms with Crippen LogP contribution in [-0.4, -0.2) is 33.2 Å². The third-order valence-electron chi connectivity index (χ3n) is 4.25. The number of rotatable bonds is 6. The lowest BCUT2D eigenvalue weighted by Crippen LogP contribution is -2.15. The maximum atomic E-state index is 12.6. The van der Waals surface area contributed by atoms with Gasteiger partial charge in [0.2, 0.25) is 6.79 Å². The Labute approximate surface area is 172 Å². The van der Waals surface area contributed by atoms with Crippen molar-refractivity contribution < 1.29 is 27.4 Å². The largest absolute Gasteiger partial charge is 0.497 e. The van der Waals surface area contributed by atoms with E-state index in [9.17, 15) is 13.2 Å². The summed E-state index contributed by atoms with van der Waals surface area (Å²) >= 11 is 0. The highest BCUT2D eigenvalue weighted by Crippen LogP contribution is 2.34. The molecule has 0 atom stereocenters. The van der Waals surface area contributed by atoms with Gasteiger partial charge in [0.1, 0.15) is 5.75 Å². The van der Waals surface area contributed by atoms with Crippen LogP contribution >= 0.6 is 0 Å². The van der Waals surface area contributed by atoms with Gasteiger partial charge in [-0.2, -0.15) is 0 Å². The second-order valence-corrected chi connectivity index (χ2v) is 7.95. The second-order valence-electron chi connectivity index (χ2n) is 6.27. The number of hydrogen-bond acceptors (Lipinski definition) is 7. The molecule has 3 aromatic rings. The highest BCUT2D eigenvalue weighted by atomic mass is 32.2. The van der Waals surface area contributed by atoms with Crippen LogP contribution in [0.1, 0.15) is 10.4 Å². The van der Waals surface area contributed by atoms with E-state index < -0.39 is 15.9 Å². The van der Waals surface area contributed by atoms with Crippen molar-refractivity contribution in [2.45, 2.75) is 4.90 Å². The minimum absolute atomic E-state index is 0.0542. The molecule has 10 heteroatoms. The molecule has 0 spiro atoms. The van der Waals surface area contributed by atoms with Crippen LogP contribution in [0.5, 0.6) is 17.2 Å². The number of aromatic nitrogens is 1. The third kappa shape index (κ3) is 4.13. The Hall–Kier alpha value is -3.79. The molecule has 0 saturated heterocycles. The van der Waals surface area contributed by atoms with E-state index in [0.29, 0.717) is 22.9 Å². The molecule has 2 heterocycles. The van der Waals surface area contributed by atoms with Gasteiger partial charge < -0.3 is 19.5 Å². The normalized spacial score (nSPS) is 12.3. The molecule has 1 aliphatic rings. The Morgan fingerprint density at radius 1 is 1.00 bits per heavy atom. The van der Waals surface area contributed by atoms with Gasteiger partial charge in [0, 0.05) is 18.0 Å². The SMILES string of the molecule is COc1ccc(S(=O)(=O)Nc2cncc(C(=O)Nc3ccc4c(c3)OCO4)c2)cc1. The van der Waals surface area contributed by atoms with Crippen LogP contribution in [0, 0.1) is 0 Å². The standard InChI is InChI=1S/C20H17N3O6S/c1-27-16-3-5-17(6-4-16)30(25,26)23-15-8-13(10-21-11-15)20(24)22-14-2-7-18-19(9-14)29-12-28-18/h2-11,23H,12H2,1H3,(H,22,24). The number of fused-ring (bicyclic) bond motifs is 1. The van der Waals surface area contributed by atoms with Crippen molar-refractivity contribution in [2.75, 3.05) is 23.9 Å². The number of carbonyl (C=O) groups is 1. The van der Waals surface area contributed by atoms with Gasteiger partial charge in [0.05, 0.1) is 29.5 Å². The van der Waals surface area contributed by atoms with Crippen molar-refractivity contribution in [1.82, 2.24) is 4.98 Å². The molecule has 2 aromatic carbocycles. The van der Waals surface area contributed by atoms with E-state index in [0.717, 1.165) is 0 Å². The van der Waals surface area contributed by atoms with Crippen LogP contribution in [0.3, 0.4) is 0 Å². The number of nitrogens with one attached hydrogen (secondary N) is 2. The summed E-state index contributed by atoms with van der Waals surface area (Å²) in [4.78, 5) is 16.6. The van der Waals surface area contributed by atoms with Crippen LogP contribution in [0.2, 0.25) is 0 Å². The van der Waals surface area contributed by atoms with Crippen LogP contribution in [0.15, 0.2) is 65.8 Å². The minimum Gasteiger partial charge on any atom is -0.497 e. The lowest BCUT2D eigenvalue weighted by atomic mass is 10.2. The first kappa shape index (κ1) is 19.5. The Morgan fingerprint density at radius 3 is 2.53 bits per heavy atom. The van der Waals surface area contributed by atoms with Crippen molar-refractivity contribution in [3.63, 3.8) is 0 Å². The lowest BCUT2D eigenvalue weighted by molar-refractivity contribution is 0.102. The average Bonchev–Trinajstić information content (AvgIpc) is 3.21. The summed E-state index contributed by atoms with van der Waals surface area (Å²) in [7, 11) is -2.36. The predicted octanol–water partition coefficient (Wildman–Crippen LogP) is 2.87. The predicted molar refractivity (Wildman–Crippen MR) is 109 cm³/mol. The number of hydrogen-bond donors (Lipinski definition) is 2. The average molecular weight is 427 g/mol. The van der Waals surface area contributed by atoms with E-state index in [1.807, 2.05) is 0 Å². The fraction of sp³-hybridized carbons (Fsp3) is 0.100. The Morgan fingerprint density at radius 2 is 1.77 bits per heavy atom. The molecular formula is C20H17N3O6S. The summed E-state index contributed by atoms with van der Waals surface area (Å²) in [5, 5.41) is 2.72. The van der Waals surface area contributed by atoms with Gasteiger partial charge in [-0.25, -0.2) is 8.42 Å². The van der Waals surface area contributed by atoms with Crippen LogP contribution in [-0.2, 0) is 10.0 Å². The van der Waals surface area contributed by atoms with Gasteiger partial charge in [-0.3, -0.25) is 14.5 Å². The first-order valence-corrected chi connectivity index (χ1v) is 10.3. The highest BCUT2D eigenvalue weighted by Gasteiger charge is 2.17. The van der Waals surface area contributed by atoms with Gasteiger partial charge in [-0.05, 0) is 42.5 Å². The number of ether oxygens (including phenoxy) is 3. The van der Waals surface area contributed by atoms with Gasteiger partial charge in [-0.15, -0.1) is 0 Å². The fourth-order valence-corrected chi connectivity index (χ4v) is 3.80. The molecule has 0 saturated carbocycles. The maximum absolute atomic E-state index is 12.6. The van der Waals surface area contributed by atoms with Gasteiger partial charge in [-0.1, -0.05) is 0 Å². The van der Waals surface area contributed by atoms with Gasteiger partial charge in [0.15, 0.2) is 11.5 Å². The molecule has 0 unspecified atom stereocenters. The molecule has 0 fully saturated rings. The van der Waals surface area contributed by atoms with E-state index in [2.05, 4.69) is 15.0 Å². The van der Waals surface area contributed by atoms with Crippen molar-refractivity contribution in [3.8, 4) is 17.2 Å². The molecule has 30 heavy (non-hydrogen) atoms. The van der Waals surface area contributed by atoms with Gasteiger partial charge in [0.25, 0.3) is 15.9 Å². The number of methoxy groups -OCH3 is 1. The minimum atomic E-state index is -3.85. The Kier molecular flexibility index (Phi) is 5.15.